The number of hydrogen-bond donors (Lipinski definition) is 3. The molecule has 2 heterocycles. The molecule has 0 aromatic heterocycles. The van der Waals surface area contributed by atoms with E-state index < -0.39 is 24.5 Å². The molecule has 4 N–H and O–H groups in total. The second-order valence-electron chi connectivity index (χ2n) is 9.19. The predicted molar refractivity (Wildman–Crippen MR) is 127 cm³/mol. The Morgan fingerprint density at radius 1 is 1.09 bits per heavy atom. The van der Waals surface area contributed by atoms with Crippen LogP contribution in [-0.2, 0) is 14.3 Å². The van der Waals surface area contributed by atoms with Crippen LogP contribution in [0.3, 0.4) is 0 Å². The molecule has 3 atom stereocenters. The van der Waals surface area contributed by atoms with Crippen molar-refractivity contribution in [1.82, 2.24) is 10.2 Å². The Bertz CT molecular complexity index is 616. The number of guanidine groups is 1. The van der Waals surface area contributed by atoms with Crippen LogP contribution in [0.2, 0.25) is 0 Å². The Kier molecular flexibility index (Phi) is 13.2. The van der Waals surface area contributed by atoms with Crippen LogP contribution in [0.25, 0.3) is 0 Å². The highest BCUT2D eigenvalue weighted by atomic mass is 16.6. The first-order chi connectivity index (χ1) is 16.0. The molecular weight excluding hydrogens is 424 g/mol. The number of aliphatic imine (C=N–C) groups is 1. The second kappa shape index (κ2) is 15.9. The summed E-state index contributed by atoms with van der Waals surface area (Å²) in [4.78, 5) is 29.0. The fourth-order valence-electron chi connectivity index (χ4n) is 4.26. The highest BCUT2D eigenvalue weighted by Crippen LogP contribution is 2.25. The van der Waals surface area contributed by atoms with Gasteiger partial charge < -0.3 is 25.6 Å². The van der Waals surface area contributed by atoms with E-state index in [2.05, 4.69) is 17.2 Å². The number of nitrogens with zero attached hydrogens (tertiary/aromatic N) is 2. The van der Waals surface area contributed by atoms with Crippen molar-refractivity contribution in [3.8, 4) is 0 Å². The number of rotatable bonds is 17. The third-order valence-corrected chi connectivity index (χ3v) is 6.34. The topological polar surface area (TPSA) is 126 Å². The van der Waals surface area contributed by atoms with E-state index in [0.717, 1.165) is 19.3 Å². The van der Waals surface area contributed by atoms with Gasteiger partial charge in [-0.15, -0.1) is 0 Å². The van der Waals surface area contributed by atoms with E-state index in [0.29, 0.717) is 6.42 Å². The van der Waals surface area contributed by atoms with Crippen LogP contribution >= 0.6 is 0 Å². The van der Waals surface area contributed by atoms with Crippen molar-refractivity contribution in [2.24, 2.45) is 10.7 Å². The Hall–Kier alpha value is -1.87. The summed E-state index contributed by atoms with van der Waals surface area (Å²) in [5, 5.41) is 13.0. The molecular formula is C24H44N4O5. The molecule has 0 aromatic carbocycles. The Morgan fingerprint density at radius 2 is 1.67 bits per heavy atom. The van der Waals surface area contributed by atoms with Crippen LogP contribution in [0, 0.1) is 0 Å². The first-order valence-corrected chi connectivity index (χ1v) is 12.9. The number of unbranched alkanes of at least 4 members (excludes halogenated alkanes) is 12. The van der Waals surface area contributed by atoms with Gasteiger partial charge in [0.1, 0.15) is 18.9 Å². The molecule has 0 aromatic rings. The minimum absolute atomic E-state index is 0.0180. The van der Waals surface area contributed by atoms with E-state index in [1.165, 1.54) is 69.1 Å². The van der Waals surface area contributed by atoms with Crippen molar-refractivity contribution >= 4 is 18.0 Å². The standard InChI is InChI=1S/C24H44N4O5/c1-2-3-4-5-6-7-8-9-10-11-12-13-14-15-22(30)32-17-20-19(29)16-21(33-20)28-18-26-23(25)27-24(28)31/h19-21,29H,2-18H2,1H3,(H3,25,26,27,31)/t19-,20+,21+/m0/s1. The average molecular weight is 469 g/mol. The summed E-state index contributed by atoms with van der Waals surface area (Å²) in [6.45, 7) is 2.40. The molecule has 0 saturated carbocycles. The number of nitrogens with one attached hydrogen (secondary N) is 1. The molecule has 0 spiro atoms. The summed E-state index contributed by atoms with van der Waals surface area (Å²) in [5.41, 5.74) is 5.47. The van der Waals surface area contributed by atoms with Crippen LogP contribution in [-0.4, -0.2) is 59.7 Å². The molecule has 0 unspecified atom stereocenters. The maximum atomic E-state index is 12.0. The van der Waals surface area contributed by atoms with E-state index in [9.17, 15) is 14.7 Å². The molecule has 2 amide bonds. The Morgan fingerprint density at radius 3 is 2.24 bits per heavy atom. The number of esters is 1. The van der Waals surface area contributed by atoms with Crippen molar-refractivity contribution in [2.75, 3.05) is 13.3 Å². The largest absolute Gasteiger partial charge is 0.463 e. The number of carbonyl (C=O) groups excluding carboxylic acids is 2. The summed E-state index contributed by atoms with van der Waals surface area (Å²) in [7, 11) is 0. The van der Waals surface area contributed by atoms with E-state index >= 15 is 0 Å². The summed E-state index contributed by atoms with van der Waals surface area (Å²) in [5.74, 6) is -0.209. The van der Waals surface area contributed by atoms with Crippen molar-refractivity contribution in [2.45, 2.75) is 122 Å². The summed E-state index contributed by atoms with van der Waals surface area (Å²) in [6, 6.07) is -0.511. The van der Waals surface area contributed by atoms with Crippen molar-refractivity contribution in [3.05, 3.63) is 0 Å². The molecule has 190 valence electrons. The molecule has 1 fully saturated rings. The highest BCUT2D eigenvalue weighted by molar-refractivity contribution is 5.93. The van der Waals surface area contributed by atoms with Gasteiger partial charge in [-0.3, -0.25) is 9.69 Å². The smallest absolute Gasteiger partial charge is 0.350 e. The van der Waals surface area contributed by atoms with Gasteiger partial charge in [-0.2, -0.15) is 4.99 Å². The van der Waals surface area contributed by atoms with Crippen molar-refractivity contribution in [3.63, 3.8) is 0 Å². The van der Waals surface area contributed by atoms with Gasteiger partial charge in [0.2, 0.25) is 0 Å². The normalized spacial score (nSPS) is 22.8. The molecule has 2 rings (SSSR count). The van der Waals surface area contributed by atoms with Gasteiger partial charge in [-0.25, -0.2) is 4.79 Å². The van der Waals surface area contributed by atoms with Crippen molar-refractivity contribution in [1.29, 1.82) is 0 Å². The number of amides is 2. The van der Waals surface area contributed by atoms with Gasteiger partial charge in [-0.05, 0) is 6.42 Å². The third kappa shape index (κ3) is 10.7. The van der Waals surface area contributed by atoms with Gasteiger partial charge in [0.25, 0.3) is 0 Å². The lowest BCUT2D eigenvalue weighted by Gasteiger charge is -2.29. The van der Waals surface area contributed by atoms with Gasteiger partial charge in [0.05, 0.1) is 12.8 Å². The molecule has 9 heteroatoms. The fraction of sp³-hybridized carbons (Fsp3) is 0.875. The van der Waals surface area contributed by atoms with Crippen LogP contribution in [0.1, 0.15) is 103 Å². The van der Waals surface area contributed by atoms with Gasteiger partial charge >= 0.3 is 12.0 Å². The predicted octanol–water partition coefficient (Wildman–Crippen LogP) is 3.78. The number of aliphatic hydroxyl groups is 1. The lowest BCUT2D eigenvalue weighted by molar-refractivity contribution is -0.151. The summed E-state index contributed by atoms with van der Waals surface area (Å²) in [6.07, 6.45) is 14.9. The number of aliphatic hydroxyl groups excluding tert-OH is 1. The zero-order chi connectivity index (χ0) is 23.9. The quantitative estimate of drug-likeness (QED) is 0.219. The average Bonchev–Trinajstić information content (AvgIpc) is 3.15. The van der Waals surface area contributed by atoms with Gasteiger partial charge in [0, 0.05) is 12.8 Å². The van der Waals surface area contributed by atoms with Crippen LogP contribution < -0.4 is 11.1 Å². The number of nitrogens with two attached hydrogens (primary N) is 1. The summed E-state index contributed by atoms with van der Waals surface area (Å²) < 4.78 is 11.0. The molecule has 0 radical (unpaired) electrons. The lowest BCUT2D eigenvalue weighted by Crippen LogP contribution is -2.52. The van der Waals surface area contributed by atoms with E-state index in [4.69, 9.17) is 15.2 Å². The highest BCUT2D eigenvalue weighted by Gasteiger charge is 2.40. The van der Waals surface area contributed by atoms with Crippen LogP contribution in [0.5, 0.6) is 0 Å². The van der Waals surface area contributed by atoms with Crippen LogP contribution in [0.4, 0.5) is 4.79 Å². The number of urea groups is 1. The maximum absolute atomic E-state index is 12.0. The molecule has 33 heavy (non-hydrogen) atoms. The second-order valence-corrected chi connectivity index (χ2v) is 9.19. The number of carbonyl (C=O) groups is 2. The third-order valence-electron chi connectivity index (χ3n) is 6.34. The van der Waals surface area contributed by atoms with E-state index in [-0.39, 0.29) is 31.6 Å². The molecule has 0 bridgehead atoms. The number of hydrogen-bond acceptors (Lipinski definition) is 7. The first-order valence-electron chi connectivity index (χ1n) is 12.9. The van der Waals surface area contributed by atoms with E-state index in [1.54, 1.807) is 0 Å². The first kappa shape index (κ1) is 27.4. The minimum Gasteiger partial charge on any atom is -0.463 e. The van der Waals surface area contributed by atoms with E-state index in [1.807, 2.05) is 0 Å². The summed E-state index contributed by atoms with van der Waals surface area (Å²) >= 11 is 0. The monoisotopic (exact) mass is 468 g/mol. The zero-order valence-corrected chi connectivity index (χ0v) is 20.3. The molecule has 1 saturated heterocycles. The molecule has 2 aliphatic heterocycles. The lowest BCUT2D eigenvalue weighted by atomic mass is 10.0. The van der Waals surface area contributed by atoms with Gasteiger partial charge in [-0.1, -0.05) is 84.0 Å². The Balaban J connectivity index is 1.44. The zero-order valence-electron chi connectivity index (χ0n) is 20.3. The Labute approximate surface area is 198 Å². The fourth-order valence-corrected chi connectivity index (χ4v) is 4.26. The van der Waals surface area contributed by atoms with Gasteiger partial charge in [0.15, 0.2) is 5.96 Å². The molecule has 0 aliphatic carbocycles. The molecule has 2 aliphatic rings. The van der Waals surface area contributed by atoms with Crippen LogP contribution in [0.15, 0.2) is 4.99 Å². The number of ether oxygens (including phenoxy) is 2. The minimum atomic E-state index is -0.810. The SMILES string of the molecule is CCCCCCCCCCCCCCCC(=O)OC[C@H]1O[C@@H](N2CNC(N)=NC2=O)C[C@@H]1O. The van der Waals surface area contributed by atoms with Crippen molar-refractivity contribution < 1.29 is 24.2 Å². The maximum Gasteiger partial charge on any atom is 0.350 e. The molecule has 9 nitrogen and oxygen atoms in total.